The van der Waals surface area contributed by atoms with Crippen LogP contribution in [0.5, 0.6) is 0 Å². The fourth-order valence-corrected chi connectivity index (χ4v) is 2.14. The van der Waals surface area contributed by atoms with E-state index in [1.54, 1.807) is 0 Å². The Bertz CT molecular complexity index is 257. The first-order valence-corrected chi connectivity index (χ1v) is 7.44. The van der Waals surface area contributed by atoms with Gasteiger partial charge < -0.3 is 5.32 Å². The Morgan fingerprint density at radius 1 is 1.43 bits per heavy atom. The monoisotopic (exact) mass is 219 g/mol. The molecular weight excluding hydrogens is 198 g/mol. The first-order valence-electron chi connectivity index (χ1n) is 5.38. The molecule has 0 aromatic heterocycles. The second-order valence-corrected chi connectivity index (χ2v) is 6.82. The summed E-state index contributed by atoms with van der Waals surface area (Å²) in [5.41, 5.74) is 0. The Hall–Kier alpha value is -0.0900. The van der Waals surface area contributed by atoms with Crippen LogP contribution in [0.1, 0.15) is 32.6 Å². The van der Waals surface area contributed by atoms with Crippen LogP contribution in [-0.4, -0.2) is 33.0 Å². The summed E-state index contributed by atoms with van der Waals surface area (Å²) >= 11 is 0. The van der Waals surface area contributed by atoms with Gasteiger partial charge in [0.05, 0.1) is 0 Å². The van der Waals surface area contributed by atoms with E-state index >= 15 is 0 Å². The molecular formula is C10H21NO2S. The normalized spacial score (nSPS) is 19.6. The van der Waals surface area contributed by atoms with Gasteiger partial charge in [-0.1, -0.05) is 6.92 Å². The van der Waals surface area contributed by atoms with Crippen molar-refractivity contribution in [3.8, 4) is 0 Å². The van der Waals surface area contributed by atoms with Gasteiger partial charge in [0.25, 0.3) is 0 Å². The highest BCUT2D eigenvalue weighted by atomic mass is 32.2. The molecule has 14 heavy (non-hydrogen) atoms. The number of hydrogen-bond acceptors (Lipinski definition) is 3. The molecule has 1 unspecified atom stereocenters. The lowest BCUT2D eigenvalue weighted by atomic mass is 10.1. The van der Waals surface area contributed by atoms with Gasteiger partial charge in [0, 0.05) is 18.1 Å². The van der Waals surface area contributed by atoms with Crippen molar-refractivity contribution in [2.45, 2.75) is 38.6 Å². The lowest BCUT2D eigenvalue weighted by Crippen LogP contribution is -2.23. The van der Waals surface area contributed by atoms with Crippen molar-refractivity contribution >= 4 is 9.84 Å². The molecule has 0 heterocycles. The molecule has 1 fully saturated rings. The number of sulfone groups is 1. The standard InChI is InChI=1S/C10H21NO2S/c1-9(8-11-10-5-6-10)4-3-7-14(2,12)13/h9-11H,3-8H2,1-2H3. The number of nitrogens with one attached hydrogen (secondary N) is 1. The van der Waals surface area contributed by atoms with Gasteiger partial charge in [-0.25, -0.2) is 8.42 Å². The summed E-state index contributed by atoms with van der Waals surface area (Å²) in [4.78, 5) is 0. The molecule has 4 heteroatoms. The fraction of sp³-hybridized carbons (Fsp3) is 1.00. The summed E-state index contributed by atoms with van der Waals surface area (Å²) in [5, 5.41) is 3.45. The second kappa shape index (κ2) is 5.12. The quantitative estimate of drug-likeness (QED) is 0.700. The molecule has 0 aromatic carbocycles. The highest BCUT2D eigenvalue weighted by Gasteiger charge is 2.20. The van der Waals surface area contributed by atoms with E-state index in [1.807, 2.05) is 0 Å². The van der Waals surface area contributed by atoms with E-state index in [0.29, 0.717) is 11.7 Å². The molecule has 0 aliphatic heterocycles. The molecule has 0 aromatic rings. The average Bonchev–Trinajstić information content (AvgIpc) is 2.81. The van der Waals surface area contributed by atoms with Gasteiger partial charge in [-0.2, -0.15) is 0 Å². The Labute approximate surface area is 87.2 Å². The summed E-state index contributed by atoms with van der Waals surface area (Å²) in [6, 6.07) is 0.757. The van der Waals surface area contributed by atoms with Gasteiger partial charge in [0.2, 0.25) is 0 Å². The van der Waals surface area contributed by atoms with Gasteiger partial charge in [-0.15, -0.1) is 0 Å². The van der Waals surface area contributed by atoms with E-state index in [1.165, 1.54) is 19.1 Å². The Balaban J connectivity index is 1.99. The summed E-state index contributed by atoms with van der Waals surface area (Å²) in [6.07, 6.45) is 5.74. The van der Waals surface area contributed by atoms with Gasteiger partial charge in [-0.05, 0) is 38.1 Å². The van der Waals surface area contributed by atoms with Crippen molar-refractivity contribution in [3.05, 3.63) is 0 Å². The number of hydrogen-bond donors (Lipinski definition) is 1. The Kier molecular flexibility index (Phi) is 4.38. The van der Waals surface area contributed by atoms with Crippen molar-refractivity contribution < 1.29 is 8.42 Å². The molecule has 0 bridgehead atoms. The molecule has 0 radical (unpaired) electrons. The third kappa shape index (κ3) is 6.38. The lowest BCUT2D eigenvalue weighted by Gasteiger charge is -2.11. The van der Waals surface area contributed by atoms with Crippen LogP contribution in [0.4, 0.5) is 0 Å². The smallest absolute Gasteiger partial charge is 0.147 e. The van der Waals surface area contributed by atoms with Crippen LogP contribution in [0.15, 0.2) is 0 Å². The maximum Gasteiger partial charge on any atom is 0.147 e. The molecule has 1 saturated carbocycles. The molecule has 1 aliphatic rings. The SMILES string of the molecule is CC(CCCS(C)(=O)=O)CNC1CC1. The number of rotatable bonds is 7. The third-order valence-corrected chi connectivity index (χ3v) is 3.57. The van der Waals surface area contributed by atoms with Gasteiger partial charge in [-0.3, -0.25) is 0 Å². The van der Waals surface area contributed by atoms with Crippen LogP contribution in [0, 0.1) is 5.92 Å². The summed E-state index contributed by atoms with van der Waals surface area (Å²) in [6.45, 7) is 3.21. The summed E-state index contributed by atoms with van der Waals surface area (Å²) < 4.78 is 21.7. The summed E-state index contributed by atoms with van der Waals surface area (Å²) in [7, 11) is -2.76. The summed E-state index contributed by atoms with van der Waals surface area (Å²) in [5.74, 6) is 0.929. The maximum atomic E-state index is 10.9. The second-order valence-electron chi connectivity index (χ2n) is 4.56. The minimum absolute atomic E-state index is 0.334. The third-order valence-electron chi connectivity index (χ3n) is 2.54. The predicted octanol–water partition coefficient (Wildman–Crippen LogP) is 1.20. The van der Waals surface area contributed by atoms with E-state index in [4.69, 9.17) is 0 Å². The van der Waals surface area contributed by atoms with E-state index in [2.05, 4.69) is 12.2 Å². The first kappa shape index (κ1) is 12.0. The fourth-order valence-electron chi connectivity index (χ4n) is 1.45. The van der Waals surface area contributed by atoms with Crippen molar-refractivity contribution in [2.24, 2.45) is 5.92 Å². The van der Waals surface area contributed by atoms with Gasteiger partial charge in [0.15, 0.2) is 0 Å². The van der Waals surface area contributed by atoms with Crippen LogP contribution < -0.4 is 5.32 Å². The molecule has 0 saturated heterocycles. The highest BCUT2D eigenvalue weighted by Crippen LogP contribution is 2.19. The molecule has 1 N–H and O–H groups in total. The van der Waals surface area contributed by atoms with Crippen LogP contribution >= 0.6 is 0 Å². The zero-order valence-electron chi connectivity index (χ0n) is 9.12. The molecule has 1 atom stereocenters. The molecule has 0 spiro atoms. The van der Waals surface area contributed by atoms with E-state index in [9.17, 15) is 8.42 Å². The van der Waals surface area contributed by atoms with Crippen LogP contribution in [0.2, 0.25) is 0 Å². The maximum absolute atomic E-state index is 10.9. The minimum atomic E-state index is -2.76. The Morgan fingerprint density at radius 2 is 2.07 bits per heavy atom. The molecule has 1 aliphatic carbocycles. The van der Waals surface area contributed by atoms with Gasteiger partial charge in [0.1, 0.15) is 9.84 Å². The van der Waals surface area contributed by atoms with Crippen molar-refractivity contribution in [1.29, 1.82) is 0 Å². The van der Waals surface area contributed by atoms with Crippen LogP contribution in [-0.2, 0) is 9.84 Å². The zero-order chi connectivity index (χ0) is 10.6. The molecule has 84 valence electrons. The zero-order valence-corrected chi connectivity index (χ0v) is 9.94. The van der Waals surface area contributed by atoms with Crippen molar-refractivity contribution in [2.75, 3.05) is 18.6 Å². The van der Waals surface area contributed by atoms with Crippen molar-refractivity contribution in [1.82, 2.24) is 5.32 Å². The van der Waals surface area contributed by atoms with E-state index in [0.717, 1.165) is 25.4 Å². The van der Waals surface area contributed by atoms with E-state index < -0.39 is 9.84 Å². The van der Waals surface area contributed by atoms with Crippen LogP contribution in [0.3, 0.4) is 0 Å². The minimum Gasteiger partial charge on any atom is -0.314 e. The average molecular weight is 219 g/mol. The van der Waals surface area contributed by atoms with Gasteiger partial charge >= 0.3 is 0 Å². The highest BCUT2D eigenvalue weighted by molar-refractivity contribution is 7.90. The predicted molar refractivity (Wildman–Crippen MR) is 59.1 cm³/mol. The van der Waals surface area contributed by atoms with Crippen molar-refractivity contribution in [3.63, 3.8) is 0 Å². The topological polar surface area (TPSA) is 46.2 Å². The first-order chi connectivity index (χ1) is 6.47. The molecule has 1 rings (SSSR count). The van der Waals surface area contributed by atoms with E-state index in [-0.39, 0.29) is 0 Å². The molecule has 3 nitrogen and oxygen atoms in total. The molecule has 0 amide bonds. The largest absolute Gasteiger partial charge is 0.314 e. The lowest BCUT2D eigenvalue weighted by molar-refractivity contribution is 0.473. The Morgan fingerprint density at radius 3 is 2.57 bits per heavy atom. The van der Waals surface area contributed by atoms with Crippen LogP contribution in [0.25, 0.3) is 0 Å².